The Morgan fingerprint density at radius 3 is 2.09 bits per heavy atom. The highest BCUT2D eigenvalue weighted by molar-refractivity contribution is 5.88. The van der Waals surface area contributed by atoms with Crippen molar-refractivity contribution in [3.63, 3.8) is 0 Å². The van der Waals surface area contributed by atoms with Crippen LogP contribution in [0.4, 0.5) is 0 Å². The minimum absolute atomic E-state index is 0.248. The summed E-state index contributed by atoms with van der Waals surface area (Å²) in [6.07, 6.45) is 0.890. The van der Waals surface area contributed by atoms with Crippen LogP contribution in [0.5, 0.6) is 0 Å². The fourth-order valence-electron chi connectivity index (χ4n) is 2.58. The summed E-state index contributed by atoms with van der Waals surface area (Å²) in [7, 11) is 0. The topological polar surface area (TPSA) is 66.4 Å². The second-order valence-electron chi connectivity index (χ2n) is 5.46. The van der Waals surface area contributed by atoms with Crippen LogP contribution in [0, 0.1) is 0 Å². The van der Waals surface area contributed by atoms with E-state index in [9.17, 15) is 14.7 Å². The third-order valence-corrected chi connectivity index (χ3v) is 3.82. The van der Waals surface area contributed by atoms with Gasteiger partial charge < -0.3 is 10.4 Å². The fourth-order valence-corrected chi connectivity index (χ4v) is 2.58. The Hall–Kier alpha value is -2.62. The van der Waals surface area contributed by atoms with Crippen molar-refractivity contribution < 1.29 is 14.7 Å². The number of hydrogen-bond donors (Lipinski definition) is 2. The lowest BCUT2D eigenvalue weighted by Gasteiger charge is -2.20. The molecular formula is C19H21NO3. The van der Waals surface area contributed by atoms with E-state index in [0.29, 0.717) is 6.42 Å². The molecule has 2 N–H and O–H groups in total. The van der Waals surface area contributed by atoms with Gasteiger partial charge in [0.05, 0.1) is 5.92 Å². The first-order chi connectivity index (χ1) is 11.1. The molecule has 2 aromatic carbocycles. The summed E-state index contributed by atoms with van der Waals surface area (Å²) in [5.74, 6) is -1.61. The van der Waals surface area contributed by atoms with Gasteiger partial charge >= 0.3 is 5.97 Å². The summed E-state index contributed by atoms with van der Waals surface area (Å²) < 4.78 is 0. The first kappa shape index (κ1) is 16.7. The minimum atomic E-state index is -1.02. The maximum Gasteiger partial charge on any atom is 0.326 e. The van der Waals surface area contributed by atoms with Crippen molar-refractivity contribution in [2.24, 2.45) is 0 Å². The molecule has 4 nitrogen and oxygen atoms in total. The maximum absolute atomic E-state index is 12.5. The number of carboxylic acid groups (broad SMARTS) is 1. The van der Waals surface area contributed by atoms with Crippen molar-refractivity contribution in [3.05, 3.63) is 71.8 Å². The molecule has 1 amide bonds. The van der Waals surface area contributed by atoms with Crippen LogP contribution in [0.15, 0.2) is 60.7 Å². The summed E-state index contributed by atoms with van der Waals surface area (Å²) in [4.78, 5) is 24.0. The third-order valence-electron chi connectivity index (χ3n) is 3.82. The molecule has 2 aromatic rings. The average molecular weight is 311 g/mol. The number of rotatable bonds is 7. The standard InChI is InChI=1S/C19H21NO3/c1-2-16(15-11-7-4-8-12-15)18(21)20-17(19(22)23)13-14-9-5-3-6-10-14/h3-12,16-17H,2,13H2,1H3,(H,20,21)(H,22,23)/t16?,17-/m0/s1. The molecule has 1 unspecified atom stereocenters. The lowest BCUT2D eigenvalue weighted by Crippen LogP contribution is -2.44. The largest absolute Gasteiger partial charge is 0.480 e. The van der Waals surface area contributed by atoms with Crippen molar-refractivity contribution >= 4 is 11.9 Å². The molecule has 0 saturated carbocycles. The number of aliphatic carboxylic acids is 1. The molecule has 0 aliphatic carbocycles. The number of amides is 1. The SMILES string of the molecule is CCC(C(=O)N[C@@H](Cc1ccccc1)C(=O)O)c1ccccc1. The summed E-state index contributed by atoms with van der Waals surface area (Å²) in [6, 6.07) is 17.8. The van der Waals surface area contributed by atoms with Gasteiger partial charge in [-0.15, -0.1) is 0 Å². The minimum Gasteiger partial charge on any atom is -0.480 e. The van der Waals surface area contributed by atoms with Crippen LogP contribution < -0.4 is 5.32 Å². The van der Waals surface area contributed by atoms with Gasteiger partial charge in [0.15, 0.2) is 0 Å². The van der Waals surface area contributed by atoms with E-state index in [-0.39, 0.29) is 18.2 Å². The van der Waals surface area contributed by atoms with Crippen molar-refractivity contribution in [2.45, 2.75) is 31.7 Å². The molecule has 4 heteroatoms. The summed E-state index contributed by atoms with van der Waals surface area (Å²) in [5, 5.41) is 12.1. The van der Waals surface area contributed by atoms with Gasteiger partial charge in [-0.05, 0) is 17.5 Å². The molecule has 0 radical (unpaired) electrons. The van der Waals surface area contributed by atoms with Crippen LogP contribution >= 0.6 is 0 Å². The van der Waals surface area contributed by atoms with Crippen LogP contribution in [0.2, 0.25) is 0 Å². The third kappa shape index (κ3) is 4.68. The van der Waals surface area contributed by atoms with E-state index in [1.807, 2.05) is 67.6 Å². The summed E-state index contributed by atoms with van der Waals surface area (Å²) >= 11 is 0. The zero-order valence-corrected chi connectivity index (χ0v) is 13.1. The predicted molar refractivity (Wildman–Crippen MR) is 89.2 cm³/mol. The van der Waals surface area contributed by atoms with E-state index >= 15 is 0 Å². The van der Waals surface area contributed by atoms with Gasteiger partial charge in [-0.25, -0.2) is 4.79 Å². The van der Waals surface area contributed by atoms with Crippen LogP contribution in [0.25, 0.3) is 0 Å². The highest BCUT2D eigenvalue weighted by atomic mass is 16.4. The molecule has 120 valence electrons. The van der Waals surface area contributed by atoms with Crippen molar-refractivity contribution in [1.82, 2.24) is 5.32 Å². The monoisotopic (exact) mass is 311 g/mol. The lowest BCUT2D eigenvalue weighted by molar-refractivity contribution is -0.142. The molecule has 0 saturated heterocycles. The Bertz CT molecular complexity index is 640. The van der Waals surface area contributed by atoms with Crippen LogP contribution in [-0.2, 0) is 16.0 Å². The Morgan fingerprint density at radius 1 is 1.00 bits per heavy atom. The van der Waals surface area contributed by atoms with Crippen LogP contribution in [0.3, 0.4) is 0 Å². The second kappa shape index (κ2) is 8.13. The Morgan fingerprint density at radius 2 is 1.57 bits per heavy atom. The first-order valence-electron chi connectivity index (χ1n) is 7.74. The summed E-state index contributed by atoms with van der Waals surface area (Å²) in [5.41, 5.74) is 1.78. The smallest absolute Gasteiger partial charge is 0.326 e. The lowest BCUT2D eigenvalue weighted by atomic mass is 9.95. The Balaban J connectivity index is 2.09. The predicted octanol–water partition coefficient (Wildman–Crippen LogP) is 2.99. The highest BCUT2D eigenvalue weighted by Crippen LogP contribution is 2.19. The fraction of sp³-hybridized carbons (Fsp3) is 0.263. The van der Waals surface area contributed by atoms with Gasteiger partial charge in [0.1, 0.15) is 6.04 Å². The van der Waals surface area contributed by atoms with Crippen LogP contribution in [0.1, 0.15) is 30.4 Å². The van der Waals surface area contributed by atoms with E-state index in [1.54, 1.807) is 0 Å². The number of hydrogen-bond acceptors (Lipinski definition) is 2. The quantitative estimate of drug-likeness (QED) is 0.826. The van der Waals surface area contributed by atoms with E-state index in [1.165, 1.54) is 0 Å². The van der Waals surface area contributed by atoms with Gasteiger partial charge in [-0.2, -0.15) is 0 Å². The van der Waals surface area contributed by atoms with Gasteiger partial charge in [0, 0.05) is 6.42 Å². The first-order valence-corrected chi connectivity index (χ1v) is 7.74. The number of nitrogens with one attached hydrogen (secondary N) is 1. The van der Waals surface area contributed by atoms with Crippen LogP contribution in [-0.4, -0.2) is 23.0 Å². The maximum atomic E-state index is 12.5. The Labute approximate surface area is 136 Å². The molecule has 0 fully saturated rings. The molecule has 2 atom stereocenters. The molecule has 0 bridgehead atoms. The normalized spacial score (nSPS) is 13.1. The van der Waals surface area contributed by atoms with Crippen molar-refractivity contribution in [3.8, 4) is 0 Å². The number of carbonyl (C=O) groups excluding carboxylic acids is 1. The zero-order valence-electron chi connectivity index (χ0n) is 13.1. The van der Waals surface area contributed by atoms with E-state index < -0.39 is 12.0 Å². The Kier molecular flexibility index (Phi) is 5.92. The van der Waals surface area contributed by atoms with E-state index in [4.69, 9.17) is 0 Å². The molecule has 0 aromatic heterocycles. The molecule has 0 spiro atoms. The average Bonchev–Trinajstić information content (AvgIpc) is 2.57. The van der Waals surface area contributed by atoms with E-state index in [2.05, 4.69) is 5.32 Å². The van der Waals surface area contributed by atoms with Crippen molar-refractivity contribution in [1.29, 1.82) is 0 Å². The number of carbonyl (C=O) groups is 2. The second-order valence-corrected chi connectivity index (χ2v) is 5.46. The zero-order chi connectivity index (χ0) is 16.7. The van der Waals surface area contributed by atoms with Gasteiger partial charge in [-0.1, -0.05) is 67.6 Å². The number of benzene rings is 2. The number of carboxylic acids is 1. The molecule has 0 aliphatic heterocycles. The molecular weight excluding hydrogens is 290 g/mol. The van der Waals surface area contributed by atoms with Crippen molar-refractivity contribution in [2.75, 3.05) is 0 Å². The summed E-state index contributed by atoms with van der Waals surface area (Å²) in [6.45, 7) is 1.92. The van der Waals surface area contributed by atoms with Gasteiger partial charge in [0.2, 0.25) is 5.91 Å². The highest BCUT2D eigenvalue weighted by Gasteiger charge is 2.25. The van der Waals surface area contributed by atoms with Gasteiger partial charge in [-0.3, -0.25) is 4.79 Å². The molecule has 23 heavy (non-hydrogen) atoms. The molecule has 0 heterocycles. The van der Waals surface area contributed by atoms with E-state index in [0.717, 1.165) is 11.1 Å². The van der Waals surface area contributed by atoms with Gasteiger partial charge in [0.25, 0.3) is 0 Å². The molecule has 0 aliphatic rings. The molecule has 2 rings (SSSR count).